The van der Waals surface area contributed by atoms with Gasteiger partial charge in [-0.15, -0.1) is 0 Å². The van der Waals surface area contributed by atoms with Crippen molar-refractivity contribution in [3.8, 4) is 5.75 Å². The van der Waals surface area contributed by atoms with Gasteiger partial charge in [-0.25, -0.2) is 0 Å². The largest absolute Gasteiger partial charge is 0.507 e. The van der Waals surface area contributed by atoms with Crippen molar-refractivity contribution in [1.29, 1.82) is 5.41 Å². The Morgan fingerprint density at radius 3 is 2.04 bits per heavy atom. The smallest absolute Gasteiger partial charge is 0.128 e. The van der Waals surface area contributed by atoms with Gasteiger partial charge in [-0.3, -0.25) is 4.99 Å². The maximum Gasteiger partial charge on any atom is 0.128 e. The molecule has 140 valence electrons. The molecule has 0 radical (unpaired) electrons. The molecule has 0 spiro atoms. The molecule has 1 aromatic carbocycles. The van der Waals surface area contributed by atoms with Gasteiger partial charge in [-0.1, -0.05) is 66.9 Å². The molecule has 25 heavy (non-hydrogen) atoms. The third kappa shape index (κ3) is 5.98. The summed E-state index contributed by atoms with van der Waals surface area (Å²) in [4.78, 5) is 4.78. The molecule has 0 amide bonds. The van der Waals surface area contributed by atoms with E-state index in [0.717, 1.165) is 11.1 Å². The van der Waals surface area contributed by atoms with Crippen molar-refractivity contribution in [2.45, 2.75) is 90.5 Å². The van der Waals surface area contributed by atoms with Crippen LogP contribution in [0.15, 0.2) is 17.1 Å². The summed E-state index contributed by atoms with van der Waals surface area (Å²) in [6.07, 6.45) is 8.18. The van der Waals surface area contributed by atoms with Crippen LogP contribution in [-0.2, 0) is 10.8 Å². The molecular formula is C22H36N2O. The predicted molar refractivity (Wildman–Crippen MR) is 110 cm³/mol. The number of phenols is 1. The molecule has 1 aromatic rings. The van der Waals surface area contributed by atoms with E-state index in [2.05, 4.69) is 60.4 Å². The van der Waals surface area contributed by atoms with Crippen LogP contribution in [0.4, 0.5) is 0 Å². The van der Waals surface area contributed by atoms with E-state index < -0.39 is 0 Å². The van der Waals surface area contributed by atoms with E-state index in [-0.39, 0.29) is 10.8 Å². The number of benzene rings is 1. The van der Waals surface area contributed by atoms with Crippen LogP contribution >= 0.6 is 0 Å². The number of aromatic hydroxyl groups is 1. The summed E-state index contributed by atoms with van der Waals surface area (Å²) in [6.45, 7) is 15.6. The van der Waals surface area contributed by atoms with E-state index in [1.165, 1.54) is 37.7 Å². The lowest BCUT2D eigenvalue weighted by atomic mass is 9.79. The number of nitrogens with zero attached hydrogens (tertiary/aromatic N) is 1. The van der Waals surface area contributed by atoms with Crippen molar-refractivity contribution in [2.75, 3.05) is 0 Å². The van der Waals surface area contributed by atoms with E-state index in [4.69, 9.17) is 10.4 Å². The highest BCUT2D eigenvalue weighted by Gasteiger charge is 2.24. The van der Waals surface area contributed by atoms with E-state index in [1.54, 1.807) is 0 Å². The first-order valence-corrected chi connectivity index (χ1v) is 9.35. The minimum atomic E-state index is -0.0846. The van der Waals surface area contributed by atoms with Gasteiger partial charge in [-0.05, 0) is 42.0 Å². The molecule has 1 saturated carbocycles. The molecule has 0 unspecified atom stereocenters. The third-order valence-corrected chi connectivity index (χ3v) is 4.81. The van der Waals surface area contributed by atoms with Crippen LogP contribution < -0.4 is 0 Å². The SMILES string of the molecule is C=N.CC(C)(C)c1cc(C=NC2CCCCC2)c(O)c(C(C)(C)C)c1. The first kappa shape index (κ1) is 21.4. The van der Waals surface area contributed by atoms with Crippen molar-refractivity contribution in [1.82, 2.24) is 0 Å². The summed E-state index contributed by atoms with van der Waals surface area (Å²) in [5, 5.41) is 16.3. The second kappa shape index (κ2) is 8.64. The Bertz CT molecular complexity index is 585. The fourth-order valence-corrected chi connectivity index (χ4v) is 3.18. The molecule has 0 bridgehead atoms. The highest BCUT2D eigenvalue weighted by molar-refractivity contribution is 5.85. The summed E-state index contributed by atoms with van der Waals surface area (Å²) in [7, 11) is 0. The highest BCUT2D eigenvalue weighted by Crippen LogP contribution is 2.37. The van der Waals surface area contributed by atoms with Crippen LogP contribution in [0.1, 0.15) is 90.3 Å². The fraction of sp³-hybridized carbons (Fsp3) is 0.636. The zero-order valence-electron chi connectivity index (χ0n) is 16.9. The highest BCUT2D eigenvalue weighted by atomic mass is 16.3. The van der Waals surface area contributed by atoms with E-state index >= 15 is 0 Å². The van der Waals surface area contributed by atoms with Gasteiger partial charge in [0.2, 0.25) is 0 Å². The number of hydrogen-bond donors (Lipinski definition) is 2. The Hall–Kier alpha value is -1.64. The van der Waals surface area contributed by atoms with E-state index in [9.17, 15) is 5.11 Å². The minimum absolute atomic E-state index is 0.0567. The number of rotatable bonds is 2. The lowest BCUT2D eigenvalue weighted by Crippen LogP contribution is -2.17. The summed E-state index contributed by atoms with van der Waals surface area (Å²) in [6, 6.07) is 4.70. The summed E-state index contributed by atoms with van der Waals surface area (Å²) in [5.74, 6) is 0.394. The number of hydrogen-bond acceptors (Lipinski definition) is 3. The summed E-state index contributed by atoms with van der Waals surface area (Å²) >= 11 is 0. The van der Waals surface area contributed by atoms with Gasteiger partial charge in [0.05, 0.1) is 0 Å². The van der Waals surface area contributed by atoms with Crippen molar-refractivity contribution in [2.24, 2.45) is 4.99 Å². The van der Waals surface area contributed by atoms with Crippen LogP contribution in [0.3, 0.4) is 0 Å². The Kier molecular flexibility index (Phi) is 7.40. The molecule has 0 saturated heterocycles. The third-order valence-electron chi connectivity index (χ3n) is 4.81. The molecule has 1 fully saturated rings. The average molecular weight is 345 g/mol. The molecule has 3 heteroatoms. The molecule has 0 heterocycles. The van der Waals surface area contributed by atoms with Gasteiger partial charge in [0.1, 0.15) is 5.75 Å². The van der Waals surface area contributed by atoms with Gasteiger partial charge >= 0.3 is 0 Å². The first-order chi connectivity index (χ1) is 11.6. The molecule has 1 aliphatic carbocycles. The van der Waals surface area contributed by atoms with E-state index in [1.807, 2.05) is 6.21 Å². The maximum atomic E-state index is 10.8. The second-order valence-corrected chi connectivity index (χ2v) is 9.03. The van der Waals surface area contributed by atoms with Crippen LogP contribution in [-0.4, -0.2) is 24.1 Å². The number of aliphatic imine (C=N–C) groups is 1. The first-order valence-electron chi connectivity index (χ1n) is 9.35. The summed E-state index contributed by atoms with van der Waals surface area (Å²) < 4.78 is 0. The lowest BCUT2D eigenvalue weighted by molar-refractivity contribution is 0.440. The zero-order chi connectivity index (χ0) is 19.3. The van der Waals surface area contributed by atoms with Crippen LogP contribution in [0.25, 0.3) is 0 Å². The van der Waals surface area contributed by atoms with Crippen molar-refractivity contribution in [3.05, 3.63) is 28.8 Å². The number of nitrogens with one attached hydrogen (secondary N) is 1. The summed E-state index contributed by atoms with van der Waals surface area (Å²) in [5.41, 5.74) is 3.10. The van der Waals surface area contributed by atoms with Gasteiger partial charge in [0, 0.05) is 23.4 Å². The topological polar surface area (TPSA) is 56.4 Å². The molecule has 2 N–H and O–H groups in total. The molecule has 2 rings (SSSR count). The number of phenolic OH excluding ortho intramolecular Hbond substituents is 1. The quantitative estimate of drug-likeness (QED) is 0.635. The van der Waals surface area contributed by atoms with Gasteiger partial charge < -0.3 is 10.5 Å². The molecule has 1 aliphatic rings. The molecule has 0 aliphatic heterocycles. The fourth-order valence-electron chi connectivity index (χ4n) is 3.18. The molecule has 0 aromatic heterocycles. The van der Waals surface area contributed by atoms with Crippen LogP contribution in [0.5, 0.6) is 5.75 Å². The van der Waals surface area contributed by atoms with Crippen LogP contribution in [0, 0.1) is 5.41 Å². The van der Waals surface area contributed by atoms with Crippen LogP contribution in [0.2, 0.25) is 0 Å². The van der Waals surface area contributed by atoms with Gasteiger partial charge in [-0.2, -0.15) is 0 Å². The molecular weight excluding hydrogens is 308 g/mol. The average Bonchev–Trinajstić information content (AvgIpc) is 2.54. The standard InChI is InChI=1S/C21H33NO.CH3N/c1-20(2,3)16-12-15(14-22-17-10-8-7-9-11-17)19(23)18(13-16)21(4,5)6;1-2/h12-14,17,23H,7-11H2,1-6H3;2H,1H2. The second-order valence-electron chi connectivity index (χ2n) is 9.03. The minimum Gasteiger partial charge on any atom is -0.507 e. The lowest BCUT2D eigenvalue weighted by Gasteiger charge is -2.27. The van der Waals surface area contributed by atoms with Gasteiger partial charge in [0.15, 0.2) is 0 Å². The van der Waals surface area contributed by atoms with Crippen molar-refractivity contribution >= 4 is 12.9 Å². The predicted octanol–water partition coefficient (Wildman–Crippen LogP) is 6.00. The normalized spacial score (nSPS) is 16.6. The monoisotopic (exact) mass is 344 g/mol. The van der Waals surface area contributed by atoms with Gasteiger partial charge in [0.25, 0.3) is 0 Å². The Morgan fingerprint density at radius 2 is 1.56 bits per heavy atom. The van der Waals surface area contributed by atoms with Crippen molar-refractivity contribution in [3.63, 3.8) is 0 Å². The maximum absolute atomic E-state index is 10.8. The Labute approximate surface area is 154 Å². The Morgan fingerprint density at radius 1 is 1.00 bits per heavy atom. The molecule has 3 nitrogen and oxygen atoms in total. The van der Waals surface area contributed by atoms with E-state index in [0.29, 0.717) is 11.8 Å². The van der Waals surface area contributed by atoms with Crippen molar-refractivity contribution < 1.29 is 5.11 Å². The Balaban J connectivity index is 0.00000151. The zero-order valence-corrected chi connectivity index (χ0v) is 16.9. The molecule has 0 atom stereocenters.